The largest absolute Gasteiger partial charge is 0.485 e. The van der Waals surface area contributed by atoms with E-state index in [2.05, 4.69) is 11.6 Å². The highest BCUT2D eigenvalue weighted by atomic mass is 19.4. The van der Waals surface area contributed by atoms with E-state index >= 15 is 0 Å². The van der Waals surface area contributed by atoms with Crippen LogP contribution in [0.15, 0.2) is 17.8 Å². The van der Waals surface area contributed by atoms with Gasteiger partial charge in [-0.1, -0.05) is 6.58 Å². The van der Waals surface area contributed by atoms with E-state index in [-0.39, 0.29) is 7.05 Å². The standard InChI is InChI=1S/C6H6F6N2/c1-3-13-4(5(7,8)9)14(2)6(10,11)12/h3H,1H2,2H3. The lowest BCUT2D eigenvalue weighted by Gasteiger charge is -2.24. The number of nitrogens with zero attached hydrogens (tertiary/aromatic N) is 2. The van der Waals surface area contributed by atoms with Crippen LogP contribution in [-0.4, -0.2) is 30.3 Å². The maximum atomic E-state index is 12.0. The van der Waals surface area contributed by atoms with Gasteiger partial charge in [0.1, 0.15) is 0 Å². The van der Waals surface area contributed by atoms with E-state index in [1.165, 1.54) is 0 Å². The highest BCUT2D eigenvalue weighted by Crippen LogP contribution is 2.27. The fourth-order valence-electron chi connectivity index (χ4n) is 0.557. The van der Waals surface area contributed by atoms with E-state index in [0.29, 0.717) is 6.20 Å². The molecule has 0 amide bonds. The molecule has 0 unspecified atom stereocenters. The molecule has 0 aliphatic carbocycles. The highest BCUT2D eigenvalue weighted by Gasteiger charge is 2.47. The molecule has 0 rings (SSSR count). The fraction of sp³-hybridized carbons (Fsp3) is 0.500. The van der Waals surface area contributed by atoms with Crippen LogP contribution in [0.2, 0.25) is 0 Å². The first kappa shape index (κ1) is 12.8. The maximum Gasteiger partial charge on any atom is 0.485 e. The Labute approximate surface area is 75.5 Å². The quantitative estimate of drug-likeness (QED) is 0.287. The molecule has 2 nitrogen and oxygen atoms in total. The second kappa shape index (κ2) is 3.89. The summed E-state index contributed by atoms with van der Waals surface area (Å²) in [5.74, 6) is -2.06. The van der Waals surface area contributed by atoms with Gasteiger partial charge in [-0.15, -0.1) is 0 Å². The molecule has 0 atom stereocenters. The van der Waals surface area contributed by atoms with Gasteiger partial charge >= 0.3 is 12.5 Å². The summed E-state index contributed by atoms with van der Waals surface area (Å²) in [5.41, 5.74) is 0. The van der Waals surface area contributed by atoms with Gasteiger partial charge in [0, 0.05) is 13.2 Å². The van der Waals surface area contributed by atoms with Gasteiger partial charge in [0.05, 0.1) is 0 Å². The number of hydrogen-bond acceptors (Lipinski definition) is 1. The molecule has 82 valence electrons. The van der Waals surface area contributed by atoms with Crippen LogP contribution in [0.1, 0.15) is 0 Å². The molecule has 0 aromatic rings. The Hall–Kier alpha value is -1.21. The van der Waals surface area contributed by atoms with Crippen LogP contribution in [0.4, 0.5) is 26.3 Å². The minimum atomic E-state index is -5.17. The van der Waals surface area contributed by atoms with E-state index in [1.807, 2.05) is 0 Å². The zero-order valence-electron chi connectivity index (χ0n) is 6.95. The van der Waals surface area contributed by atoms with Crippen LogP contribution < -0.4 is 0 Å². The van der Waals surface area contributed by atoms with E-state index < -0.39 is 23.2 Å². The van der Waals surface area contributed by atoms with E-state index in [4.69, 9.17) is 0 Å². The molecule has 0 saturated carbocycles. The lowest BCUT2D eigenvalue weighted by molar-refractivity contribution is -0.219. The van der Waals surface area contributed by atoms with E-state index in [1.54, 1.807) is 0 Å². The van der Waals surface area contributed by atoms with Crippen molar-refractivity contribution >= 4 is 5.84 Å². The molecule has 0 saturated heterocycles. The highest BCUT2D eigenvalue weighted by molar-refractivity contribution is 5.88. The Morgan fingerprint density at radius 3 is 1.86 bits per heavy atom. The van der Waals surface area contributed by atoms with Crippen LogP contribution in [0, 0.1) is 0 Å². The van der Waals surface area contributed by atoms with Crippen LogP contribution in [-0.2, 0) is 0 Å². The third-order valence-electron chi connectivity index (χ3n) is 1.17. The SMILES string of the molecule is C=CN=C(N(C)C(F)(F)F)C(F)(F)F. The Balaban J connectivity index is 5.06. The monoisotopic (exact) mass is 220 g/mol. The number of aliphatic imine (C=N–C) groups is 1. The zero-order valence-corrected chi connectivity index (χ0v) is 6.95. The summed E-state index contributed by atoms with van der Waals surface area (Å²) in [7, 11) is 0.232. The van der Waals surface area contributed by atoms with Crippen molar-refractivity contribution in [3.63, 3.8) is 0 Å². The molecule has 0 bridgehead atoms. The average Bonchev–Trinajstić information content (AvgIpc) is 1.94. The molecule has 14 heavy (non-hydrogen) atoms. The van der Waals surface area contributed by atoms with Gasteiger partial charge in [0.25, 0.3) is 0 Å². The Bertz CT molecular complexity index is 238. The average molecular weight is 220 g/mol. The molecule has 0 aromatic heterocycles. The first-order valence-corrected chi connectivity index (χ1v) is 3.17. The number of hydrogen-bond donors (Lipinski definition) is 0. The molecule has 0 aliphatic heterocycles. The van der Waals surface area contributed by atoms with E-state index in [9.17, 15) is 26.3 Å². The molecule has 0 heterocycles. The Morgan fingerprint density at radius 2 is 1.64 bits per heavy atom. The normalized spacial score (nSPS) is 14.1. The Morgan fingerprint density at radius 1 is 1.21 bits per heavy atom. The van der Waals surface area contributed by atoms with Crippen LogP contribution in [0.5, 0.6) is 0 Å². The minimum absolute atomic E-state index is 0.232. The first-order valence-electron chi connectivity index (χ1n) is 3.17. The summed E-state index contributed by atoms with van der Waals surface area (Å²) in [6.45, 7) is 2.80. The third-order valence-corrected chi connectivity index (χ3v) is 1.17. The smallest absolute Gasteiger partial charge is 0.267 e. The van der Waals surface area contributed by atoms with Crippen molar-refractivity contribution in [3.8, 4) is 0 Å². The number of halogens is 6. The van der Waals surface area contributed by atoms with Gasteiger partial charge in [-0.3, -0.25) is 4.90 Å². The van der Waals surface area contributed by atoms with Crippen molar-refractivity contribution in [1.29, 1.82) is 0 Å². The van der Waals surface area contributed by atoms with Crippen LogP contribution >= 0.6 is 0 Å². The summed E-state index contributed by atoms with van der Waals surface area (Å²) in [6, 6.07) is 0. The third kappa shape index (κ3) is 3.27. The van der Waals surface area contributed by atoms with Gasteiger partial charge in [-0.05, 0) is 0 Å². The van der Waals surface area contributed by atoms with Crippen molar-refractivity contribution in [2.24, 2.45) is 4.99 Å². The summed E-state index contributed by atoms with van der Waals surface area (Å²) in [6.07, 6.45) is -9.90. The Kier molecular flexibility index (Phi) is 3.55. The predicted molar refractivity (Wildman–Crippen MR) is 37.5 cm³/mol. The lowest BCUT2D eigenvalue weighted by Crippen LogP contribution is -2.46. The zero-order chi connectivity index (χ0) is 11.6. The topological polar surface area (TPSA) is 15.6 Å². The molecule has 0 N–H and O–H groups in total. The molecule has 0 radical (unpaired) electrons. The summed E-state index contributed by atoms with van der Waals surface area (Å²) in [5, 5.41) is 0. The summed E-state index contributed by atoms with van der Waals surface area (Å²) >= 11 is 0. The second-order valence-corrected chi connectivity index (χ2v) is 2.16. The van der Waals surface area contributed by atoms with Gasteiger partial charge in [0.2, 0.25) is 5.84 Å². The number of amidine groups is 1. The summed E-state index contributed by atoms with van der Waals surface area (Å²) in [4.78, 5) is 1.60. The maximum absolute atomic E-state index is 12.0. The van der Waals surface area contributed by atoms with Crippen molar-refractivity contribution in [2.75, 3.05) is 7.05 Å². The summed E-state index contributed by atoms with van der Waals surface area (Å²) < 4.78 is 71.5. The van der Waals surface area contributed by atoms with Crippen molar-refractivity contribution in [3.05, 3.63) is 12.8 Å². The molecular formula is C6H6F6N2. The van der Waals surface area contributed by atoms with Crippen molar-refractivity contribution in [2.45, 2.75) is 12.5 Å². The molecule has 0 aromatic carbocycles. The molecule has 0 aliphatic rings. The molecule has 8 heteroatoms. The van der Waals surface area contributed by atoms with Crippen molar-refractivity contribution in [1.82, 2.24) is 4.90 Å². The minimum Gasteiger partial charge on any atom is -0.267 e. The van der Waals surface area contributed by atoms with Gasteiger partial charge < -0.3 is 0 Å². The number of rotatable bonds is 1. The van der Waals surface area contributed by atoms with Gasteiger partial charge in [-0.2, -0.15) is 26.3 Å². The number of alkyl halides is 6. The first-order chi connectivity index (χ1) is 6.10. The van der Waals surface area contributed by atoms with Gasteiger partial charge in [-0.25, -0.2) is 4.99 Å². The fourth-order valence-corrected chi connectivity index (χ4v) is 0.557. The lowest BCUT2D eigenvalue weighted by atomic mass is 10.5. The van der Waals surface area contributed by atoms with Crippen molar-refractivity contribution < 1.29 is 26.3 Å². The molecule has 0 fully saturated rings. The molecule has 0 spiro atoms. The molecular weight excluding hydrogens is 214 g/mol. The van der Waals surface area contributed by atoms with Gasteiger partial charge in [0.15, 0.2) is 0 Å². The predicted octanol–water partition coefficient (Wildman–Crippen LogP) is 2.54. The second-order valence-electron chi connectivity index (χ2n) is 2.16. The van der Waals surface area contributed by atoms with E-state index in [0.717, 1.165) is 0 Å². The van der Waals surface area contributed by atoms with Crippen LogP contribution in [0.3, 0.4) is 0 Å². The van der Waals surface area contributed by atoms with Crippen LogP contribution in [0.25, 0.3) is 0 Å².